The summed E-state index contributed by atoms with van der Waals surface area (Å²) in [5.74, 6) is 0.415. The van der Waals surface area contributed by atoms with E-state index in [1.165, 1.54) is 11.8 Å². The standard InChI is InChI=1S/C16H18N2O2S/c19-15(18-10-13-5-3-9-20-13)11-21-16-14-6-2-1-4-12(14)7-8-17-16/h1-2,4,6-8,13H,3,5,9-11H2,(H,18,19). The summed E-state index contributed by atoms with van der Waals surface area (Å²) in [6.45, 7) is 1.43. The Morgan fingerprint density at radius 1 is 1.38 bits per heavy atom. The molecule has 1 atom stereocenters. The highest BCUT2D eigenvalue weighted by Gasteiger charge is 2.16. The molecule has 3 rings (SSSR count). The topological polar surface area (TPSA) is 51.2 Å². The van der Waals surface area contributed by atoms with E-state index >= 15 is 0 Å². The van der Waals surface area contributed by atoms with Crippen LogP contribution in [-0.2, 0) is 9.53 Å². The first-order valence-corrected chi connectivity index (χ1v) is 8.16. The van der Waals surface area contributed by atoms with Crippen molar-refractivity contribution in [1.29, 1.82) is 0 Å². The van der Waals surface area contributed by atoms with E-state index in [9.17, 15) is 4.79 Å². The third kappa shape index (κ3) is 3.74. The third-order valence-electron chi connectivity index (χ3n) is 3.53. The van der Waals surface area contributed by atoms with E-state index in [0.29, 0.717) is 12.3 Å². The summed E-state index contributed by atoms with van der Waals surface area (Å²) in [6.07, 6.45) is 4.11. The minimum Gasteiger partial charge on any atom is -0.376 e. The molecule has 0 bridgehead atoms. The van der Waals surface area contributed by atoms with Crippen molar-refractivity contribution in [2.75, 3.05) is 18.9 Å². The highest BCUT2D eigenvalue weighted by atomic mass is 32.2. The number of nitrogens with zero attached hydrogens (tertiary/aromatic N) is 1. The highest BCUT2D eigenvalue weighted by Crippen LogP contribution is 2.25. The van der Waals surface area contributed by atoms with Gasteiger partial charge in [0.15, 0.2) is 0 Å². The molecule has 0 aliphatic carbocycles. The van der Waals surface area contributed by atoms with Gasteiger partial charge in [-0.3, -0.25) is 4.79 Å². The zero-order valence-electron chi connectivity index (χ0n) is 11.7. The van der Waals surface area contributed by atoms with Gasteiger partial charge >= 0.3 is 0 Å². The van der Waals surface area contributed by atoms with Gasteiger partial charge in [-0.15, -0.1) is 0 Å². The van der Waals surface area contributed by atoms with Gasteiger partial charge in [0.05, 0.1) is 11.9 Å². The van der Waals surface area contributed by atoms with Gasteiger partial charge in [0.25, 0.3) is 0 Å². The Balaban J connectivity index is 1.54. The molecule has 0 saturated carbocycles. The van der Waals surface area contributed by atoms with Crippen molar-refractivity contribution < 1.29 is 9.53 Å². The lowest BCUT2D eigenvalue weighted by Gasteiger charge is -2.10. The SMILES string of the molecule is O=C(CSc1nccc2ccccc12)NCC1CCCO1. The van der Waals surface area contributed by atoms with E-state index in [4.69, 9.17) is 4.74 Å². The normalized spacial score (nSPS) is 18.0. The highest BCUT2D eigenvalue weighted by molar-refractivity contribution is 8.00. The lowest BCUT2D eigenvalue weighted by molar-refractivity contribution is -0.119. The van der Waals surface area contributed by atoms with Crippen molar-refractivity contribution in [2.24, 2.45) is 0 Å². The molecule has 1 aliphatic rings. The van der Waals surface area contributed by atoms with E-state index < -0.39 is 0 Å². The van der Waals surface area contributed by atoms with Gasteiger partial charge < -0.3 is 10.1 Å². The summed E-state index contributed by atoms with van der Waals surface area (Å²) in [5.41, 5.74) is 0. The first-order valence-electron chi connectivity index (χ1n) is 7.18. The zero-order valence-corrected chi connectivity index (χ0v) is 12.6. The Labute approximate surface area is 128 Å². The average molecular weight is 302 g/mol. The number of pyridine rings is 1. The molecule has 1 N–H and O–H groups in total. The number of hydrogen-bond acceptors (Lipinski definition) is 4. The number of fused-ring (bicyclic) bond motifs is 1. The van der Waals surface area contributed by atoms with Crippen LogP contribution in [0.25, 0.3) is 10.8 Å². The minimum atomic E-state index is 0.0326. The molecule has 0 spiro atoms. The molecule has 1 aliphatic heterocycles. The van der Waals surface area contributed by atoms with Crippen LogP contribution in [0.15, 0.2) is 41.6 Å². The fourth-order valence-corrected chi connectivity index (χ4v) is 3.27. The molecule has 2 aromatic rings. The van der Waals surface area contributed by atoms with Crippen LogP contribution in [0, 0.1) is 0 Å². The van der Waals surface area contributed by atoms with Gasteiger partial charge in [-0.1, -0.05) is 36.0 Å². The van der Waals surface area contributed by atoms with Gasteiger partial charge in [-0.25, -0.2) is 4.98 Å². The zero-order chi connectivity index (χ0) is 14.5. The molecule has 2 heterocycles. The van der Waals surface area contributed by atoms with Crippen LogP contribution in [0.4, 0.5) is 0 Å². The number of aromatic nitrogens is 1. The number of benzene rings is 1. The molecule has 1 aromatic carbocycles. The van der Waals surface area contributed by atoms with E-state index in [1.54, 1.807) is 6.20 Å². The summed E-state index contributed by atoms with van der Waals surface area (Å²) in [6, 6.07) is 10.1. The number of thioether (sulfide) groups is 1. The molecular formula is C16H18N2O2S. The Bertz CT molecular complexity index is 621. The Morgan fingerprint density at radius 2 is 2.29 bits per heavy atom. The van der Waals surface area contributed by atoms with Gasteiger partial charge in [-0.05, 0) is 24.3 Å². The molecule has 1 fully saturated rings. The number of carbonyl (C=O) groups is 1. The van der Waals surface area contributed by atoms with Crippen LogP contribution in [0.3, 0.4) is 0 Å². The predicted molar refractivity (Wildman–Crippen MR) is 84.5 cm³/mol. The number of nitrogens with one attached hydrogen (secondary N) is 1. The van der Waals surface area contributed by atoms with Crippen molar-refractivity contribution in [3.8, 4) is 0 Å². The number of rotatable bonds is 5. The number of amides is 1. The van der Waals surface area contributed by atoms with Crippen LogP contribution in [0.5, 0.6) is 0 Å². The number of ether oxygens (including phenoxy) is 1. The fraction of sp³-hybridized carbons (Fsp3) is 0.375. The number of hydrogen-bond donors (Lipinski definition) is 1. The summed E-state index contributed by atoms with van der Waals surface area (Å²) in [4.78, 5) is 16.3. The van der Waals surface area contributed by atoms with Crippen LogP contribution in [-0.4, -0.2) is 35.9 Å². The molecule has 21 heavy (non-hydrogen) atoms. The molecule has 110 valence electrons. The van der Waals surface area contributed by atoms with Gasteiger partial charge in [-0.2, -0.15) is 0 Å². The Morgan fingerprint density at radius 3 is 3.14 bits per heavy atom. The Kier molecular flexibility index (Phi) is 4.72. The van der Waals surface area contributed by atoms with E-state index in [-0.39, 0.29) is 12.0 Å². The minimum absolute atomic E-state index is 0.0326. The molecule has 4 nitrogen and oxygen atoms in total. The number of carbonyl (C=O) groups excluding carboxylic acids is 1. The summed E-state index contributed by atoms with van der Waals surface area (Å²) < 4.78 is 5.49. The van der Waals surface area contributed by atoms with Gasteiger partial charge in [0.1, 0.15) is 5.03 Å². The summed E-state index contributed by atoms with van der Waals surface area (Å²) in [5, 5.41) is 6.08. The maximum atomic E-state index is 11.9. The molecule has 5 heteroatoms. The van der Waals surface area contributed by atoms with Crippen molar-refractivity contribution in [3.63, 3.8) is 0 Å². The average Bonchev–Trinajstić information content (AvgIpc) is 3.04. The van der Waals surface area contributed by atoms with E-state index in [2.05, 4.69) is 16.4 Å². The first-order chi connectivity index (χ1) is 10.3. The van der Waals surface area contributed by atoms with Crippen LogP contribution >= 0.6 is 11.8 Å². The second kappa shape index (κ2) is 6.91. The second-order valence-electron chi connectivity index (χ2n) is 5.07. The van der Waals surface area contributed by atoms with E-state index in [0.717, 1.165) is 35.2 Å². The maximum absolute atomic E-state index is 11.9. The quantitative estimate of drug-likeness (QED) is 0.863. The fourth-order valence-electron chi connectivity index (χ4n) is 2.42. The van der Waals surface area contributed by atoms with Crippen LogP contribution < -0.4 is 5.32 Å². The summed E-state index contributed by atoms with van der Waals surface area (Å²) in [7, 11) is 0. The monoisotopic (exact) mass is 302 g/mol. The third-order valence-corrected chi connectivity index (χ3v) is 4.53. The van der Waals surface area contributed by atoms with Gasteiger partial charge in [0.2, 0.25) is 5.91 Å². The second-order valence-corrected chi connectivity index (χ2v) is 6.03. The van der Waals surface area contributed by atoms with E-state index in [1.807, 2.05) is 24.3 Å². The molecular weight excluding hydrogens is 284 g/mol. The lowest BCUT2D eigenvalue weighted by Crippen LogP contribution is -2.32. The first kappa shape index (κ1) is 14.4. The van der Waals surface area contributed by atoms with Crippen molar-refractivity contribution in [3.05, 3.63) is 36.5 Å². The smallest absolute Gasteiger partial charge is 0.230 e. The van der Waals surface area contributed by atoms with Crippen LogP contribution in [0.1, 0.15) is 12.8 Å². The maximum Gasteiger partial charge on any atom is 0.230 e. The van der Waals surface area contributed by atoms with Crippen molar-refractivity contribution in [2.45, 2.75) is 24.0 Å². The predicted octanol–water partition coefficient (Wildman–Crippen LogP) is 2.62. The largest absolute Gasteiger partial charge is 0.376 e. The molecule has 1 amide bonds. The van der Waals surface area contributed by atoms with Crippen molar-refractivity contribution in [1.82, 2.24) is 10.3 Å². The van der Waals surface area contributed by atoms with Crippen molar-refractivity contribution >= 4 is 28.4 Å². The van der Waals surface area contributed by atoms with Gasteiger partial charge in [0, 0.05) is 24.7 Å². The molecule has 1 saturated heterocycles. The Hall–Kier alpha value is -1.59. The molecule has 1 unspecified atom stereocenters. The molecule has 0 radical (unpaired) electrons. The summed E-state index contributed by atoms with van der Waals surface area (Å²) >= 11 is 1.48. The van der Waals surface area contributed by atoms with Crippen LogP contribution in [0.2, 0.25) is 0 Å². The molecule has 1 aromatic heterocycles. The lowest BCUT2D eigenvalue weighted by atomic mass is 10.2.